The normalized spacial score (nSPS) is 12.8. The van der Waals surface area contributed by atoms with Gasteiger partial charge in [0.1, 0.15) is 5.60 Å². The number of benzene rings is 3. The molecule has 1 atom stereocenters. The Hall–Kier alpha value is -2.64. The maximum absolute atomic E-state index is 7.27. The Morgan fingerprint density at radius 3 is 1.58 bits per heavy atom. The lowest BCUT2D eigenvalue weighted by Gasteiger charge is -2.39. The summed E-state index contributed by atoms with van der Waals surface area (Å²) >= 11 is 0. The van der Waals surface area contributed by atoms with Crippen molar-refractivity contribution in [1.29, 1.82) is 0 Å². The van der Waals surface area contributed by atoms with Crippen LogP contribution in [0.4, 0.5) is 0 Å². The molecule has 0 radical (unpaired) electrons. The van der Waals surface area contributed by atoms with Gasteiger partial charge in [-0.1, -0.05) is 143 Å². The highest BCUT2D eigenvalue weighted by atomic mass is 16.5. The van der Waals surface area contributed by atoms with E-state index >= 15 is 0 Å². The van der Waals surface area contributed by atoms with Crippen LogP contribution in [0.3, 0.4) is 0 Å². The van der Waals surface area contributed by atoms with Crippen LogP contribution in [0.1, 0.15) is 81.9 Å². The molecule has 3 rings (SSSR count). The van der Waals surface area contributed by atoms with Crippen LogP contribution in [0, 0.1) is 0 Å². The second-order valence-electron chi connectivity index (χ2n) is 8.86. The highest BCUT2D eigenvalue weighted by Crippen LogP contribution is 2.42. The Labute approximate surface area is 201 Å². The Kier molecular flexibility index (Phi) is 10.5. The summed E-state index contributed by atoms with van der Waals surface area (Å²) in [5.41, 5.74) is 2.89. The fourth-order valence-electron chi connectivity index (χ4n) is 4.51. The first-order valence-electron chi connectivity index (χ1n) is 12.8. The summed E-state index contributed by atoms with van der Waals surface area (Å²) in [6, 6.07) is 32.2. The van der Waals surface area contributed by atoms with Gasteiger partial charge < -0.3 is 4.74 Å². The maximum Gasteiger partial charge on any atom is 0.144 e. The zero-order valence-electron chi connectivity index (χ0n) is 20.5. The number of rotatable bonds is 14. The highest BCUT2D eigenvalue weighted by molar-refractivity contribution is 5.47. The first-order valence-corrected chi connectivity index (χ1v) is 12.8. The molecule has 0 aromatic heterocycles. The second kappa shape index (κ2) is 13.8. The number of hydrogen-bond donors (Lipinski definition) is 0. The highest BCUT2D eigenvalue weighted by Gasteiger charge is 2.39. The van der Waals surface area contributed by atoms with Gasteiger partial charge in [0.2, 0.25) is 0 Å². The molecule has 174 valence electrons. The zero-order chi connectivity index (χ0) is 23.2. The van der Waals surface area contributed by atoms with E-state index in [-0.39, 0.29) is 6.10 Å². The third kappa shape index (κ3) is 6.92. The van der Waals surface area contributed by atoms with Crippen molar-refractivity contribution in [3.8, 4) is 0 Å². The van der Waals surface area contributed by atoms with E-state index in [1.807, 2.05) is 0 Å². The predicted molar refractivity (Wildman–Crippen MR) is 142 cm³/mol. The minimum absolute atomic E-state index is 0.146. The minimum Gasteiger partial charge on any atom is -0.357 e. The van der Waals surface area contributed by atoms with Gasteiger partial charge >= 0.3 is 0 Å². The van der Waals surface area contributed by atoms with Crippen LogP contribution in [0.2, 0.25) is 0 Å². The smallest absolute Gasteiger partial charge is 0.144 e. The summed E-state index contributed by atoms with van der Waals surface area (Å²) in [7, 11) is 0. The molecule has 0 spiro atoms. The molecular weight excluding hydrogens is 400 g/mol. The molecule has 0 N–H and O–H groups in total. The lowest BCUT2D eigenvalue weighted by atomic mass is 9.79. The van der Waals surface area contributed by atoms with Crippen molar-refractivity contribution < 1.29 is 4.74 Å². The molecule has 0 fully saturated rings. The summed E-state index contributed by atoms with van der Waals surface area (Å²) < 4.78 is 7.27. The van der Waals surface area contributed by atoms with Crippen molar-refractivity contribution in [2.75, 3.05) is 0 Å². The summed E-state index contributed by atoms with van der Waals surface area (Å²) in [6.07, 6.45) is 14.2. The first kappa shape index (κ1) is 25.0. The van der Waals surface area contributed by atoms with Crippen LogP contribution in [-0.2, 0) is 10.3 Å². The monoisotopic (exact) mass is 440 g/mol. The molecule has 3 aromatic carbocycles. The molecule has 1 heteroatoms. The van der Waals surface area contributed by atoms with E-state index in [0.717, 1.165) is 19.3 Å². The average Bonchev–Trinajstić information content (AvgIpc) is 2.89. The molecule has 1 nitrogen and oxygen atoms in total. The van der Waals surface area contributed by atoms with Crippen LogP contribution in [0.5, 0.6) is 0 Å². The predicted octanol–water partition coefficient (Wildman–Crippen LogP) is 9.08. The zero-order valence-corrected chi connectivity index (χ0v) is 20.5. The van der Waals surface area contributed by atoms with Crippen LogP contribution in [-0.4, -0.2) is 6.10 Å². The van der Waals surface area contributed by atoms with E-state index in [1.54, 1.807) is 0 Å². The average molecular weight is 441 g/mol. The molecule has 0 heterocycles. The Bertz CT molecular complexity index is 818. The number of allylic oxidation sites excluding steroid dienone is 1. The second-order valence-corrected chi connectivity index (χ2v) is 8.86. The van der Waals surface area contributed by atoms with Gasteiger partial charge in [0.05, 0.1) is 6.10 Å². The van der Waals surface area contributed by atoms with Gasteiger partial charge in [-0.2, -0.15) is 0 Å². The lowest BCUT2D eigenvalue weighted by Crippen LogP contribution is -2.37. The fraction of sp³-hybridized carbons (Fsp3) is 0.375. The van der Waals surface area contributed by atoms with Gasteiger partial charge in [-0.25, -0.2) is 0 Å². The van der Waals surface area contributed by atoms with Crippen LogP contribution >= 0.6 is 0 Å². The lowest BCUT2D eigenvalue weighted by molar-refractivity contribution is -0.0501. The van der Waals surface area contributed by atoms with Gasteiger partial charge in [0.25, 0.3) is 0 Å². The molecule has 33 heavy (non-hydrogen) atoms. The molecular formula is C32H40O. The third-order valence-electron chi connectivity index (χ3n) is 6.30. The van der Waals surface area contributed by atoms with Gasteiger partial charge in [0.15, 0.2) is 0 Å². The van der Waals surface area contributed by atoms with Crippen LogP contribution < -0.4 is 0 Å². The topological polar surface area (TPSA) is 9.23 Å². The Balaban J connectivity index is 2.01. The SMILES string of the molecule is CCCCCC=CCC(CCCC)OC(c1ccccc1)(c1ccccc1)c1ccccc1. The molecule has 0 saturated carbocycles. The van der Waals surface area contributed by atoms with E-state index in [2.05, 4.69) is 117 Å². The number of hydrogen-bond acceptors (Lipinski definition) is 1. The fourth-order valence-corrected chi connectivity index (χ4v) is 4.51. The quantitative estimate of drug-likeness (QED) is 0.138. The van der Waals surface area contributed by atoms with Crippen molar-refractivity contribution >= 4 is 0 Å². The molecule has 3 aromatic rings. The van der Waals surface area contributed by atoms with Crippen molar-refractivity contribution in [2.45, 2.75) is 76.9 Å². The van der Waals surface area contributed by atoms with E-state index in [4.69, 9.17) is 4.74 Å². The van der Waals surface area contributed by atoms with E-state index in [1.165, 1.54) is 48.8 Å². The maximum atomic E-state index is 7.27. The molecule has 0 saturated heterocycles. The van der Waals surface area contributed by atoms with E-state index in [0.29, 0.717) is 0 Å². The van der Waals surface area contributed by atoms with Gasteiger partial charge in [0, 0.05) is 0 Å². The molecule has 0 amide bonds. The third-order valence-corrected chi connectivity index (χ3v) is 6.30. The van der Waals surface area contributed by atoms with Crippen LogP contribution in [0.15, 0.2) is 103 Å². The van der Waals surface area contributed by atoms with Crippen molar-refractivity contribution in [1.82, 2.24) is 0 Å². The summed E-state index contributed by atoms with van der Waals surface area (Å²) in [4.78, 5) is 0. The molecule has 0 bridgehead atoms. The van der Waals surface area contributed by atoms with Crippen molar-refractivity contribution in [3.63, 3.8) is 0 Å². The van der Waals surface area contributed by atoms with Crippen molar-refractivity contribution in [3.05, 3.63) is 120 Å². The first-order chi connectivity index (χ1) is 16.3. The van der Waals surface area contributed by atoms with Gasteiger partial charge in [-0.05, 0) is 42.4 Å². The van der Waals surface area contributed by atoms with Crippen molar-refractivity contribution in [2.24, 2.45) is 0 Å². The standard InChI is InChI=1S/C32H40O/c1-3-5-7-8-9-19-27-31(26-6-4-2)33-32(28-20-13-10-14-21-28,29-22-15-11-16-23-29)30-24-17-12-18-25-30/h9-25,31H,3-8,26-27H2,1-2H3. The van der Waals surface area contributed by atoms with Gasteiger partial charge in [-0.3, -0.25) is 0 Å². The molecule has 1 unspecified atom stereocenters. The largest absolute Gasteiger partial charge is 0.357 e. The summed E-state index contributed by atoms with van der Waals surface area (Å²) in [5.74, 6) is 0. The summed E-state index contributed by atoms with van der Waals surface area (Å²) in [6.45, 7) is 4.52. The van der Waals surface area contributed by atoms with Crippen LogP contribution in [0.25, 0.3) is 0 Å². The molecule has 0 aliphatic carbocycles. The van der Waals surface area contributed by atoms with Gasteiger partial charge in [-0.15, -0.1) is 0 Å². The number of unbranched alkanes of at least 4 members (excludes halogenated alkanes) is 4. The van der Waals surface area contributed by atoms with E-state index in [9.17, 15) is 0 Å². The Morgan fingerprint density at radius 2 is 1.12 bits per heavy atom. The Morgan fingerprint density at radius 1 is 0.636 bits per heavy atom. The minimum atomic E-state index is -0.641. The molecule has 0 aliphatic heterocycles. The summed E-state index contributed by atoms with van der Waals surface area (Å²) in [5, 5.41) is 0. The molecule has 0 aliphatic rings. The number of ether oxygens (including phenoxy) is 1. The van der Waals surface area contributed by atoms with E-state index < -0.39 is 5.60 Å².